The maximum Gasteiger partial charge on any atom is 0.00113 e. The molecule has 0 spiro atoms. The quantitative estimate of drug-likeness (QED) is 0.575. The molecule has 0 fully saturated rings. The highest BCUT2D eigenvalue weighted by atomic mass is 14.8. The molecule has 0 aromatic carbocycles. The minimum absolute atomic E-state index is 0.786. The van der Waals surface area contributed by atoms with Crippen molar-refractivity contribution in [1.82, 2.24) is 5.32 Å². The summed E-state index contributed by atoms with van der Waals surface area (Å²) < 4.78 is 0. The van der Waals surface area contributed by atoms with Crippen molar-refractivity contribution in [3.8, 4) is 0 Å². The van der Waals surface area contributed by atoms with Crippen molar-refractivity contribution in [3.05, 3.63) is 12.2 Å². The van der Waals surface area contributed by atoms with Gasteiger partial charge in [-0.25, -0.2) is 0 Å². The van der Waals surface area contributed by atoms with Crippen molar-refractivity contribution in [3.63, 3.8) is 0 Å². The Balaban J connectivity index is 2.32. The number of hydrogen-bond donors (Lipinski definition) is 1. The molecule has 0 aromatic rings. The van der Waals surface area contributed by atoms with Crippen LogP contribution in [0.1, 0.15) is 19.8 Å². The Hall–Kier alpha value is -0.300. The van der Waals surface area contributed by atoms with Crippen LogP contribution in [0.15, 0.2) is 12.2 Å². The summed E-state index contributed by atoms with van der Waals surface area (Å²) in [6, 6.07) is 0. The predicted molar refractivity (Wildman–Crippen MR) is 45.0 cm³/mol. The number of rotatable bonds is 2. The molecular weight excluding hydrogens is 122 g/mol. The smallest absolute Gasteiger partial charge is 0.00113 e. The second kappa shape index (κ2) is 3.77. The van der Waals surface area contributed by atoms with Gasteiger partial charge in [0, 0.05) is 6.54 Å². The van der Waals surface area contributed by atoms with E-state index in [9.17, 15) is 0 Å². The summed E-state index contributed by atoms with van der Waals surface area (Å²) in [6.45, 7) is 3.47. The van der Waals surface area contributed by atoms with Crippen LogP contribution in [0, 0.1) is 11.8 Å². The van der Waals surface area contributed by atoms with Crippen LogP contribution in [0.4, 0.5) is 0 Å². The Kier molecular flexibility index (Phi) is 2.94. The molecular formula is C9H17N. The molecule has 2 unspecified atom stereocenters. The van der Waals surface area contributed by atoms with E-state index in [1.165, 1.54) is 12.8 Å². The summed E-state index contributed by atoms with van der Waals surface area (Å²) in [5.74, 6) is 1.68. The lowest BCUT2D eigenvalue weighted by atomic mass is 9.88. The third-order valence-corrected chi connectivity index (χ3v) is 2.12. The van der Waals surface area contributed by atoms with Crippen LogP contribution < -0.4 is 5.32 Å². The van der Waals surface area contributed by atoms with Crippen LogP contribution >= 0.6 is 0 Å². The van der Waals surface area contributed by atoms with Gasteiger partial charge in [0.15, 0.2) is 0 Å². The fourth-order valence-corrected chi connectivity index (χ4v) is 1.61. The maximum absolute atomic E-state index is 3.21. The van der Waals surface area contributed by atoms with Crippen molar-refractivity contribution in [2.24, 2.45) is 11.8 Å². The van der Waals surface area contributed by atoms with Crippen molar-refractivity contribution < 1.29 is 0 Å². The van der Waals surface area contributed by atoms with Gasteiger partial charge in [-0.3, -0.25) is 0 Å². The van der Waals surface area contributed by atoms with Gasteiger partial charge in [-0.2, -0.15) is 0 Å². The highest BCUT2D eigenvalue weighted by Gasteiger charge is 2.12. The molecule has 0 bridgehead atoms. The average molecular weight is 139 g/mol. The minimum Gasteiger partial charge on any atom is -0.319 e. The first-order valence-corrected chi connectivity index (χ1v) is 4.14. The van der Waals surface area contributed by atoms with Crippen LogP contribution in [-0.2, 0) is 0 Å². The largest absolute Gasteiger partial charge is 0.319 e. The van der Waals surface area contributed by atoms with Crippen molar-refractivity contribution >= 4 is 0 Å². The lowest BCUT2D eigenvalue weighted by Crippen LogP contribution is -2.20. The fraction of sp³-hybridized carbons (Fsp3) is 0.778. The zero-order chi connectivity index (χ0) is 7.40. The molecule has 1 aliphatic carbocycles. The third-order valence-electron chi connectivity index (χ3n) is 2.12. The second-order valence-corrected chi connectivity index (χ2v) is 3.32. The summed E-state index contributed by atoms with van der Waals surface area (Å²) in [7, 11) is 2.02. The summed E-state index contributed by atoms with van der Waals surface area (Å²) in [5.41, 5.74) is 0. The monoisotopic (exact) mass is 139 g/mol. The van der Waals surface area contributed by atoms with E-state index < -0.39 is 0 Å². The van der Waals surface area contributed by atoms with Crippen LogP contribution in [0.5, 0.6) is 0 Å². The van der Waals surface area contributed by atoms with Gasteiger partial charge < -0.3 is 5.32 Å². The Morgan fingerprint density at radius 2 is 2.40 bits per heavy atom. The van der Waals surface area contributed by atoms with Crippen LogP contribution in [0.2, 0.25) is 0 Å². The second-order valence-electron chi connectivity index (χ2n) is 3.32. The first-order valence-electron chi connectivity index (χ1n) is 4.14. The molecule has 0 saturated heterocycles. The van der Waals surface area contributed by atoms with Gasteiger partial charge in [-0.1, -0.05) is 19.1 Å². The van der Waals surface area contributed by atoms with Gasteiger partial charge in [0.2, 0.25) is 0 Å². The molecule has 58 valence electrons. The number of nitrogens with one attached hydrogen (secondary N) is 1. The van der Waals surface area contributed by atoms with Gasteiger partial charge >= 0.3 is 0 Å². The van der Waals surface area contributed by atoms with E-state index in [2.05, 4.69) is 24.4 Å². The molecule has 0 radical (unpaired) electrons. The molecule has 10 heavy (non-hydrogen) atoms. The zero-order valence-corrected chi connectivity index (χ0v) is 6.93. The van der Waals surface area contributed by atoms with E-state index in [-0.39, 0.29) is 0 Å². The first kappa shape index (κ1) is 7.80. The van der Waals surface area contributed by atoms with Gasteiger partial charge in [0.1, 0.15) is 0 Å². The lowest BCUT2D eigenvalue weighted by molar-refractivity contribution is 0.417. The van der Waals surface area contributed by atoms with Crippen LogP contribution in [0.25, 0.3) is 0 Å². The summed E-state index contributed by atoms with van der Waals surface area (Å²) in [4.78, 5) is 0. The topological polar surface area (TPSA) is 12.0 Å². The standard InChI is InChI=1S/C9H17N/c1-8-4-3-5-9(6-8)7-10-2/h3,5,8-10H,4,6-7H2,1-2H3. The highest BCUT2D eigenvalue weighted by Crippen LogP contribution is 2.21. The molecule has 0 saturated carbocycles. The van der Waals surface area contributed by atoms with E-state index >= 15 is 0 Å². The molecule has 1 nitrogen and oxygen atoms in total. The Morgan fingerprint density at radius 1 is 1.60 bits per heavy atom. The van der Waals surface area contributed by atoms with E-state index in [0.717, 1.165) is 18.4 Å². The van der Waals surface area contributed by atoms with Gasteiger partial charge in [0.05, 0.1) is 0 Å². The third kappa shape index (κ3) is 2.14. The molecule has 1 aliphatic rings. The Morgan fingerprint density at radius 3 is 3.00 bits per heavy atom. The van der Waals surface area contributed by atoms with E-state index in [0.29, 0.717) is 0 Å². The van der Waals surface area contributed by atoms with E-state index in [4.69, 9.17) is 0 Å². The van der Waals surface area contributed by atoms with E-state index in [1.54, 1.807) is 0 Å². The minimum atomic E-state index is 0.786. The predicted octanol–water partition coefficient (Wildman–Crippen LogP) is 1.81. The maximum atomic E-state index is 3.21. The SMILES string of the molecule is CNCC1C=CCC(C)C1. The van der Waals surface area contributed by atoms with Gasteiger partial charge in [-0.15, -0.1) is 0 Å². The molecule has 1 N–H and O–H groups in total. The molecule has 1 heteroatoms. The van der Waals surface area contributed by atoms with Gasteiger partial charge in [0.25, 0.3) is 0 Å². The number of allylic oxidation sites excluding steroid dienone is 1. The molecule has 0 aliphatic heterocycles. The number of hydrogen-bond acceptors (Lipinski definition) is 1. The Labute approximate surface area is 63.5 Å². The molecule has 1 rings (SSSR count). The Bertz CT molecular complexity index is 118. The van der Waals surface area contributed by atoms with Crippen molar-refractivity contribution in [2.45, 2.75) is 19.8 Å². The van der Waals surface area contributed by atoms with Gasteiger partial charge in [-0.05, 0) is 31.7 Å². The molecule has 2 atom stereocenters. The van der Waals surface area contributed by atoms with Crippen LogP contribution in [0.3, 0.4) is 0 Å². The first-order chi connectivity index (χ1) is 4.83. The molecule has 0 aromatic heterocycles. The van der Waals surface area contributed by atoms with E-state index in [1.807, 2.05) is 7.05 Å². The highest BCUT2D eigenvalue weighted by molar-refractivity contribution is 4.95. The summed E-state index contributed by atoms with van der Waals surface area (Å²) in [5, 5.41) is 3.21. The van der Waals surface area contributed by atoms with Crippen LogP contribution in [-0.4, -0.2) is 13.6 Å². The molecule has 0 amide bonds. The lowest BCUT2D eigenvalue weighted by Gasteiger charge is -2.20. The summed E-state index contributed by atoms with van der Waals surface area (Å²) >= 11 is 0. The fourth-order valence-electron chi connectivity index (χ4n) is 1.61. The van der Waals surface area contributed by atoms with Crippen molar-refractivity contribution in [2.75, 3.05) is 13.6 Å². The molecule has 0 heterocycles. The van der Waals surface area contributed by atoms with Crippen molar-refractivity contribution in [1.29, 1.82) is 0 Å². The zero-order valence-electron chi connectivity index (χ0n) is 6.93. The summed E-state index contributed by atoms with van der Waals surface area (Å²) in [6.07, 6.45) is 7.30. The normalized spacial score (nSPS) is 32.6. The average Bonchev–Trinajstić information content (AvgIpc) is 1.88.